The first-order chi connectivity index (χ1) is 13.0. The fourth-order valence-electron chi connectivity index (χ4n) is 3.24. The van der Waals surface area contributed by atoms with Crippen LogP contribution in [0.4, 0.5) is 0 Å². The average molecular weight is 379 g/mol. The third kappa shape index (κ3) is 3.81. The van der Waals surface area contributed by atoms with Crippen molar-refractivity contribution in [3.63, 3.8) is 0 Å². The van der Waals surface area contributed by atoms with Gasteiger partial charge in [0.25, 0.3) is 5.91 Å². The Morgan fingerprint density at radius 1 is 1.00 bits per heavy atom. The number of amides is 1. The predicted molar refractivity (Wildman–Crippen MR) is 113 cm³/mol. The van der Waals surface area contributed by atoms with Crippen LogP contribution < -0.4 is 4.80 Å². The number of aryl methyl sites for hydroxylation is 4. The van der Waals surface area contributed by atoms with E-state index in [2.05, 4.69) is 55.5 Å². The van der Waals surface area contributed by atoms with Crippen LogP contribution in [0.2, 0.25) is 0 Å². The van der Waals surface area contributed by atoms with Gasteiger partial charge in [0.15, 0.2) is 4.80 Å². The zero-order valence-electron chi connectivity index (χ0n) is 16.7. The van der Waals surface area contributed by atoms with Crippen LogP contribution in [-0.2, 0) is 13.0 Å². The van der Waals surface area contributed by atoms with Crippen LogP contribution in [0.3, 0.4) is 0 Å². The second kappa shape index (κ2) is 8.05. The lowest BCUT2D eigenvalue weighted by atomic mass is 10.0. The van der Waals surface area contributed by atoms with Crippen molar-refractivity contribution in [2.75, 3.05) is 0 Å². The molecule has 1 heterocycles. The van der Waals surface area contributed by atoms with Crippen molar-refractivity contribution in [2.45, 2.75) is 47.6 Å². The molecule has 0 aliphatic carbocycles. The Balaban J connectivity index is 2.18. The number of benzene rings is 2. The summed E-state index contributed by atoms with van der Waals surface area (Å²) in [5, 5.41) is 0. The van der Waals surface area contributed by atoms with E-state index in [0.29, 0.717) is 5.56 Å². The zero-order chi connectivity index (χ0) is 19.6. The smallest absolute Gasteiger partial charge is 0.279 e. The van der Waals surface area contributed by atoms with Gasteiger partial charge in [0.1, 0.15) is 0 Å². The summed E-state index contributed by atoms with van der Waals surface area (Å²) in [6, 6.07) is 14.2. The Morgan fingerprint density at radius 2 is 1.74 bits per heavy atom. The van der Waals surface area contributed by atoms with E-state index in [1.165, 1.54) is 27.3 Å². The molecular weight excluding hydrogens is 352 g/mol. The van der Waals surface area contributed by atoms with Gasteiger partial charge >= 0.3 is 0 Å². The van der Waals surface area contributed by atoms with E-state index in [0.717, 1.165) is 23.3 Å². The van der Waals surface area contributed by atoms with Gasteiger partial charge in [0, 0.05) is 17.0 Å². The van der Waals surface area contributed by atoms with Crippen molar-refractivity contribution in [2.24, 2.45) is 4.99 Å². The Labute approximate surface area is 165 Å². The van der Waals surface area contributed by atoms with E-state index in [1.807, 2.05) is 31.2 Å². The number of hydrogen-bond acceptors (Lipinski definition) is 2. The highest BCUT2D eigenvalue weighted by Gasteiger charge is 2.16. The van der Waals surface area contributed by atoms with Crippen LogP contribution in [0.15, 0.2) is 47.5 Å². The number of rotatable bonds is 4. The summed E-state index contributed by atoms with van der Waals surface area (Å²) in [5.74, 6) is -0.175. The molecule has 4 heteroatoms. The molecule has 0 saturated heterocycles. The van der Waals surface area contributed by atoms with Crippen molar-refractivity contribution in [3.8, 4) is 11.3 Å². The van der Waals surface area contributed by atoms with Gasteiger partial charge in [-0.25, -0.2) is 0 Å². The van der Waals surface area contributed by atoms with Crippen molar-refractivity contribution < 1.29 is 4.79 Å². The van der Waals surface area contributed by atoms with Crippen molar-refractivity contribution in [3.05, 3.63) is 74.4 Å². The summed E-state index contributed by atoms with van der Waals surface area (Å²) < 4.78 is 2.17. The fourth-order valence-corrected chi connectivity index (χ4v) is 4.39. The summed E-state index contributed by atoms with van der Waals surface area (Å²) in [5.41, 5.74) is 6.56. The molecule has 0 radical (unpaired) electrons. The molecule has 0 atom stereocenters. The molecule has 0 spiro atoms. The monoisotopic (exact) mass is 378 g/mol. The molecule has 0 fully saturated rings. The maximum Gasteiger partial charge on any atom is 0.279 e. The van der Waals surface area contributed by atoms with E-state index in [1.54, 1.807) is 11.3 Å². The maximum atomic E-state index is 12.8. The molecule has 0 aliphatic rings. The van der Waals surface area contributed by atoms with E-state index >= 15 is 0 Å². The number of carbonyl (C=O) groups is 1. The molecular formula is C23H26N2OS. The zero-order valence-corrected chi connectivity index (χ0v) is 17.5. The van der Waals surface area contributed by atoms with Crippen molar-refractivity contribution >= 4 is 17.2 Å². The number of carbonyl (C=O) groups excluding carboxylic acids is 1. The van der Waals surface area contributed by atoms with Crippen LogP contribution in [0.1, 0.15) is 45.8 Å². The highest BCUT2D eigenvalue weighted by Crippen LogP contribution is 2.28. The molecule has 1 aromatic heterocycles. The fraction of sp³-hybridized carbons (Fsp3) is 0.304. The molecule has 3 aromatic rings. The van der Waals surface area contributed by atoms with Crippen LogP contribution in [0.5, 0.6) is 0 Å². The molecule has 0 bridgehead atoms. The number of thiazole rings is 1. The third-order valence-corrected chi connectivity index (χ3v) is 6.19. The van der Waals surface area contributed by atoms with E-state index in [4.69, 9.17) is 0 Å². The highest BCUT2D eigenvalue weighted by atomic mass is 32.1. The molecule has 1 amide bonds. The lowest BCUT2D eigenvalue weighted by Gasteiger charge is -2.10. The topological polar surface area (TPSA) is 34.4 Å². The Kier molecular flexibility index (Phi) is 5.76. The first-order valence-corrected chi connectivity index (χ1v) is 10.2. The van der Waals surface area contributed by atoms with Gasteiger partial charge in [0.2, 0.25) is 0 Å². The first-order valence-electron chi connectivity index (χ1n) is 9.41. The number of nitrogens with zero attached hydrogens (tertiary/aromatic N) is 2. The Bertz CT molecular complexity index is 1060. The summed E-state index contributed by atoms with van der Waals surface area (Å²) in [4.78, 5) is 19.3. The minimum absolute atomic E-state index is 0.175. The van der Waals surface area contributed by atoms with Gasteiger partial charge in [-0.1, -0.05) is 37.3 Å². The summed E-state index contributed by atoms with van der Waals surface area (Å²) in [6.07, 6.45) is 0.918. The largest absolute Gasteiger partial charge is 0.316 e. The lowest BCUT2D eigenvalue weighted by Crippen LogP contribution is -2.17. The molecule has 0 aliphatic heterocycles. The summed E-state index contributed by atoms with van der Waals surface area (Å²) in [6.45, 7) is 11.3. The van der Waals surface area contributed by atoms with Gasteiger partial charge in [-0.2, -0.15) is 4.99 Å². The molecule has 2 aromatic carbocycles. The molecule has 3 rings (SSSR count). The minimum atomic E-state index is -0.175. The summed E-state index contributed by atoms with van der Waals surface area (Å²) in [7, 11) is 0. The molecule has 3 nitrogen and oxygen atoms in total. The van der Waals surface area contributed by atoms with Crippen LogP contribution >= 0.6 is 11.3 Å². The lowest BCUT2D eigenvalue weighted by molar-refractivity contribution is 0.0997. The number of hydrogen-bond donors (Lipinski definition) is 0. The van der Waals surface area contributed by atoms with Crippen LogP contribution in [0.25, 0.3) is 11.3 Å². The SMILES string of the molecule is CCc1sc(=NC(=O)c2ccccc2C)n(CC)c1-c1ccc(C)c(C)c1. The highest BCUT2D eigenvalue weighted by molar-refractivity contribution is 7.09. The van der Waals surface area contributed by atoms with Crippen molar-refractivity contribution in [1.29, 1.82) is 0 Å². The van der Waals surface area contributed by atoms with Crippen LogP contribution in [-0.4, -0.2) is 10.5 Å². The van der Waals surface area contributed by atoms with E-state index in [9.17, 15) is 4.79 Å². The maximum absolute atomic E-state index is 12.8. The quantitative estimate of drug-likeness (QED) is 0.593. The first kappa shape index (κ1) is 19.3. The standard InChI is InChI=1S/C23H26N2OS/c1-6-20-21(18-13-12-15(3)17(5)14-18)25(7-2)23(27-20)24-22(26)19-11-9-8-10-16(19)4/h8-14H,6-7H2,1-5H3. The third-order valence-electron chi connectivity index (χ3n) is 4.97. The number of aromatic nitrogens is 1. The normalized spacial score (nSPS) is 11.8. The molecule has 0 unspecified atom stereocenters. The molecule has 140 valence electrons. The van der Waals surface area contributed by atoms with Gasteiger partial charge < -0.3 is 4.57 Å². The van der Waals surface area contributed by atoms with Gasteiger partial charge in [-0.15, -0.1) is 11.3 Å². The van der Waals surface area contributed by atoms with Crippen LogP contribution in [0, 0.1) is 20.8 Å². The van der Waals surface area contributed by atoms with Crippen molar-refractivity contribution in [1.82, 2.24) is 4.57 Å². The Morgan fingerprint density at radius 3 is 2.37 bits per heavy atom. The van der Waals surface area contributed by atoms with E-state index < -0.39 is 0 Å². The molecule has 0 N–H and O–H groups in total. The average Bonchev–Trinajstić information content (AvgIpc) is 3.01. The molecule has 27 heavy (non-hydrogen) atoms. The minimum Gasteiger partial charge on any atom is -0.316 e. The second-order valence-electron chi connectivity index (χ2n) is 6.79. The summed E-state index contributed by atoms with van der Waals surface area (Å²) >= 11 is 1.62. The predicted octanol–water partition coefficient (Wildman–Crippen LogP) is 5.47. The van der Waals surface area contributed by atoms with E-state index in [-0.39, 0.29) is 5.91 Å². The van der Waals surface area contributed by atoms with Gasteiger partial charge in [0.05, 0.1) is 5.69 Å². The molecule has 0 saturated carbocycles. The van der Waals surface area contributed by atoms with Gasteiger partial charge in [-0.3, -0.25) is 4.79 Å². The van der Waals surface area contributed by atoms with Gasteiger partial charge in [-0.05, 0) is 68.5 Å². The second-order valence-corrected chi connectivity index (χ2v) is 7.85. The Hall–Kier alpha value is -2.46.